The maximum absolute atomic E-state index is 13.2. The second-order valence-corrected chi connectivity index (χ2v) is 11.8. The number of azo groups is 1. The van der Waals surface area contributed by atoms with E-state index < -0.39 is 35.8 Å². The van der Waals surface area contributed by atoms with E-state index in [1.807, 2.05) is 0 Å². The van der Waals surface area contributed by atoms with Crippen LogP contribution >= 0.6 is 0 Å². The van der Waals surface area contributed by atoms with Gasteiger partial charge in [-0.15, -0.1) is 16.7 Å². The van der Waals surface area contributed by atoms with Crippen LogP contribution in [0.1, 0.15) is 22.8 Å². The van der Waals surface area contributed by atoms with Crippen molar-refractivity contribution in [2.24, 2.45) is 15.3 Å². The average molecular weight is 708 g/mol. The van der Waals surface area contributed by atoms with Crippen LogP contribution in [-0.2, 0) is 25.0 Å². The summed E-state index contributed by atoms with van der Waals surface area (Å²) in [5.41, 5.74) is 4.08. The van der Waals surface area contributed by atoms with Crippen LogP contribution in [0.4, 0.5) is 22.7 Å². The molecule has 0 bridgehead atoms. The molecule has 13 nitrogen and oxygen atoms in total. The van der Waals surface area contributed by atoms with Crippen molar-refractivity contribution in [1.82, 2.24) is 0 Å². The van der Waals surface area contributed by atoms with Crippen LogP contribution < -0.4 is 129 Å². The zero-order chi connectivity index (χ0) is 30.9. The Morgan fingerprint density at radius 3 is 2.04 bits per heavy atom. The molecule has 47 heavy (non-hydrogen) atoms. The van der Waals surface area contributed by atoms with Gasteiger partial charge in [0.2, 0.25) is 5.91 Å². The number of Topliss-reactive ketones (excluding diaryl/α,β-unsaturated/α-hetero) is 1. The molecule has 4 aromatic rings. The largest absolute Gasteiger partial charge is 1.00 e. The number of nitrogens with one attached hydrogen (secondary N) is 2. The van der Waals surface area contributed by atoms with Crippen molar-refractivity contribution < 1.29 is 154 Å². The molecule has 0 spiro atoms. The normalized spacial score (nSPS) is 13.1. The van der Waals surface area contributed by atoms with E-state index in [0.717, 1.165) is 24.3 Å². The van der Waals surface area contributed by atoms with Crippen LogP contribution in [0.25, 0.3) is 16.8 Å². The first kappa shape index (κ1) is 43.9. The van der Waals surface area contributed by atoms with Crippen molar-refractivity contribution >= 4 is 77.2 Å². The zero-order valence-electron chi connectivity index (χ0n) is 25.9. The van der Waals surface area contributed by atoms with Gasteiger partial charge in [-0.05, 0) is 54.2 Å². The SMILES string of the molecule is CC(=O)Nc1cc[c-]c2c1C(=O)C(=NNc1ccc(N=Nc3ccc(S(=O)(=O)[O-])cc3)c3ccc(S(=O)(=O)[O-])cc13)[C-]=C2.[Na+].[Na+].[Na+].[Na+]. The van der Waals surface area contributed by atoms with E-state index in [9.17, 15) is 35.5 Å². The number of rotatable bonds is 7. The molecule has 0 saturated carbocycles. The van der Waals surface area contributed by atoms with Crippen molar-refractivity contribution in [3.05, 3.63) is 90.0 Å². The van der Waals surface area contributed by atoms with E-state index >= 15 is 0 Å². The minimum Gasteiger partial charge on any atom is -0.744 e. The number of allylic oxidation sites excluding steroid dienone is 1. The van der Waals surface area contributed by atoms with E-state index in [4.69, 9.17) is 0 Å². The van der Waals surface area contributed by atoms with E-state index in [-0.39, 0.29) is 164 Å². The smallest absolute Gasteiger partial charge is 0.744 e. The van der Waals surface area contributed by atoms with Crippen molar-refractivity contribution in [3.8, 4) is 0 Å². The second kappa shape index (κ2) is 18.2. The number of amides is 1. The molecule has 1 amide bonds. The van der Waals surface area contributed by atoms with Crippen molar-refractivity contribution in [2.45, 2.75) is 16.7 Å². The summed E-state index contributed by atoms with van der Waals surface area (Å²) < 4.78 is 68.7. The minimum atomic E-state index is -4.84. The van der Waals surface area contributed by atoms with Gasteiger partial charge in [0.25, 0.3) is 0 Å². The number of benzene rings is 4. The van der Waals surface area contributed by atoms with Crippen LogP contribution in [0.15, 0.2) is 91.9 Å². The van der Waals surface area contributed by atoms with E-state index in [1.54, 1.807) is 6.07 Å². The second-order valence-electron chi connectivity index (χ2n) is 8.99. The quantitative estimate of drug-likeness (QED) is 0.0614. The molecule has 0 unspecified atom stereocenters. The number of fused-ring (bicyclic) bond motifs is 2. The number of nitrogens with zero attached hydrogens (tertiary/aromatic N) is 3. The topological polar surface area (TPSA) is 210 Å². The zero-order valence-corrected chi connectivity index (χ0v) is 35.5. The molecule has 0 aromatic heterocycles. The summed E-state index contributed by atoms with van der Waals surface area (Å²) in [5.74, 6) is -0.935. The standard InChI is InChI=1S/C28H19N5O8S2.4Na/c1-16(34)29-25-4-2-3-17-5-12-26(28(35)27(17)25)33-32-24-14-13-23(21-11-10-20(15-22(21)24)43(39,40)41)31-30-18-6-8-19(9-7-18)42(36,37)38;;;;/h2,4-11,13-15,32H,1H3,(H,29,34)(H,36,37,38)(H,39,40,41);;;;/q-2;4*+1/p-2. The van der Waals surface area contributed by atoms with Crippen LogP contribution in [0.3, 0.4) is 0 Å². The van der Waals surface area contributed by atoms with Crippen molar-refractivity contribution in [3.63, 3.8) is 0 Å². The monoisotopic (exact) mass is 707 g/mol. The molecular formula is C28H17N5Na4O8S2. The Hall–Kier alpha value is -1.09. The molecule has 0 atom stereocenters. The summed E-state index contributed by atoms with van der Waals surface area (Å²) in [6.07, 6.45) is 4.23. The van der Waals surface area contributed by atoms with Gasteiger partial charge in [-0.1, -0.05) is 11.8 Å². The Labute approximate surface area is 358 Å². The molecule has 1 aliphatic carbocycles. The van der Waals surface area contributed by atoms with Gasteiger partial charge in [-0.2, -0.15) is 11.2 Å². The Bertz CT molecular complexity index is 2140. The molecule has 4 aromatic carbocycles. The van der Waals surface area contributed by atoms with Gasteiger partial charge in [-0.3, -0.25) is 10.2 Å². The van der Waals surface area contributed by atoms with E-state index in [0.29, 0.717) is 10.9 Å². The summed E-state index contributed by atoms with van der Waals surface area (Å²) >= 11 is 0. The van der Waals surface area contributed by atoms with Gasteiger partial charge in [0.15, 0.2) is 0 Å². The molecule has 1 aliphatic rings. The molecule has 2 N–H and O–H groups in total. The Kier molecular flexibility index (Phi) is 17.0. The molecule has 5 rings (SSSR count). The number of anilines is 2. The number of carbonyl (C=O) groups is 2. The van der Waals surface area contributed by atoms with Crippen LogP contribution in [0, 0.1) is 12.1 Å². The van der Waals surface area contributed by atoms with Crippen molar-refractivity contribution in [1.29, 1.82) is 0 Å². The van der Waals surface area contributed by atoms with Crippen LogP contribution in [-0.4, -0.2) is 43.3 Å². The predicted molar refractivity (Wildman–Crippen MR) is 153 cm³/mol. The Balaban J connectivity index is 0.00000276. The maximum Gasteiger partial charge on any atom is 1.00 e. The van der Waals surface area contributed by atoms with Gasteiger partial charge in [0, 0.05) is 17.7 Å². The average Bonchev–Trinajstić information content (AvgIpc) is 2.95. The fourth-order valence-electron chi connectivity index (χ4n) is 4.13. The summed E-state index contributed by atoms with van der Waals surface area (Å²) in [6.45, 7) is 1.30. The molecular weight excluding hydrogens is 690 g/mol. The number of hydrogen-bond donors (Lipinski definition) is 2. The molecule has 0 heterocycles. The van der Waals surface area contributed by atoms with Gasteiger partial charge in [0.1, 0.15) is 20.2 Å². The maximum atomic E-state index is 13.2. The summed E-state index contributed by atoms with van der Waals surface area (Å²) in [5, 5.41) is 15.5. The predicted octanol–water partition coefficient (Wildman–Crippen LogP) is -7.68. The number of hydrazone groups is 1. The summed E-state index contributed by atoms with van der Waals surface area (Å²) in [6, 6.07) is 17.3. The number of carbonyl (C=O) groups excluding carboxylic acids is 2. The first-order valence-corrected chi connectivity index (χ1v) is 14.9. The Morgan fingerprint density at radius 2 is 1.43 bits per heavy atom. The number of hydrogen-bond acceptors (Lipinski definition) is 12. The summed E-state index contributed by atoms with van der Waals surface area (Å²) in [4.78, 5) is 23.9. The first-order chi connectivity index (χ1) is 20.3. The van der Waals surface area contributed by atoms with Crippen molar-refractivity contribution in [2.75, 3.05) is 10.7 Å². The third-order valence-electron chi connectivity index (χ3n) is 6.07. The molecule has 218 valence electrons. The fourth-order valence-corrected chi connectivity index (χ4v) is 5.10. The molecule has 0 saturated heterocycles. The third kappa shape index (κ3) is 10.7. The first-order valence-electron chi connectivity index (χ1n) is 12.1. The third-order valence-corrected chi connectivity index (χ3v) is 7.75. The molecule has 0 radical (unpaired) electrons. The van der Waals surface area contributed by atoms with Gasteiger partial charge >= 0.3 is 118 Å². The Morgan fingerprint density at radius 1 is 0.787 bits per heavy atom. The minimum absolute atomic E-state index is 0. The summed E-state index contributed by atoms with van der Waals surface area (Å²) in [7, 11) is -9.47. The van der Waals surface area contributed by atoms with Gasteiger partial charge in [-0.25, -0.2) is 45.7 Å². The molecule has 0 fully saturated rings. The van der Waals surface area contributed by atoms with Gasteiger partial charge in [0.05, 0.1) is 32.6 Å². The van der Waals surface area contributed by atoms with E-state index in [1.165, 1.54) is 49.4 Å². The van der Waals surface area contributed by atoms with Crippen LogP contribution in [0.5, 0.6) is 0 Å². The molecule has 0 aliphatic heterocycles. The van der Waals surface area contributed by atoms with Gasteiger partial charge < -0.3 is 19.2 Å². The number of ketones is 1. The van der Waals surface area contributed by atoms with E-state index in [2.05, 4.69) is 38.2 Å². The van der Waals surface area contributed by atoms with Crippen LogP contribution in [0.2, 0.25) is 0 Å². The molecule has 19 heteroatoms. The fraction of sp³-hybridized carbons (Fsp3) is 0.0357.